The van der Waals surface area contributed by atoms with Gasteiger partial charge in [-0.3, -0.25) is 15.1 Å². The lowest BCUT2D eigenvalue weighted by Crippen LogP contribution is -2.32. The van der Waals surface area contributed by atoms with E-state index in [9.17, 15) is 24.8 Å². The normalized spacial score (nSPS) is 14.8. The molecule has 1 atom stereocenters. The number of para-hydroxylation sites is 1. The Bertz CT molecular complexity index is 1500. The number of aromatic nitrogens is 1. The van der Waals surface area contributed by atoms with Crippen LogP contribution in [-0.4, -0.2) is 40.2 Å². The number of hydrogen-bond acceptors (Lipinski definition) is 8. The fourth-order valence-electron chi connectivity index (χ4n) is 4.84. The van der Waals surface area contributed by atoms with Gasteiger partial charge in [-0.1, -0.05) is 36.4 Å². The van der Waals surface area contributed by atoms with Crippen LogP contribution < -0.4 is 10.1 Å². The number of carboxylic acid groups (broad SMARTS) is 1. The van der Waals surface area contributed by atoms with Crippen molar-refractivity contribution < 1.29 is 29.1 Å². The highest BCUT2D eigenvalue weighted by Crippen LogP contribution is 2.39. The highest BCUT2D eigenvalue weighted by molar-refractivity contribution is 5.99. The number of rotatable bonds is 12. The molecule has 0 fully saturated rings. The number of ether oxygens (including phenoxy) is 2. The van der Waals surface area contributed by atoms with E-state index in [1.54, 1.807) is 26.1 Å². The van der Waals surface area contributed by atoms with Crippen molar-refractivity contribution in [3.8, 4) is 5.75 Å². The number of nitrogens with one attached hydrogen (secondary N) is 1. The standard InChI is InChI=1S/C31H31N3O7/c1-20-27(30(35)36)29(24-11-7-12-25(18-24)34(38)39)28(21(2)33-20)31(37)41-16-6-5-15-40-26-13-4-3-10-23(26)17-22-9-8-14-32-19-22/h3-4,7-14,18-19,29,33H,5-6,15-17H2,1-2H3,(H,35,36). The molecule has 0 radical (unpaired) electrons. The molecule has 0 saturated carbocycles. The monoisotopic (exact) mass is 557 g/mol. The number of allylic oxidation sites excluding steroid dienone is 2. The minimum Gasteiger partial charge on any atom is -0.493 e. The second-order valence-corrected chi connectivity index (χ2v) is 9.63. The van der Waals surface area contributed by atoms with Crippen LogP contribution in [-0.2, 0) is 20.7 Å². The van der Waals surface area contributed by atoms with Gasteiger partial charge >= 0.3 is 11.9 Å². The number of dihydropyridines is 1. The number of non-ortho nitro benzene ring substituents is 1. The lowest BCUT2D eigenvalue weighted by Gasteiger charge is -2.29. The summed E-state index contributed by atoms with van der Waals surface area (Å²) in [7, 11) is 0. The van der Waals surface area contributed by atoms with Crippen molar-refractivity contribution >= 4 is 17.6 Å². The van der Waals surface area contributed by atoms with Crippen LogP contribution in [0.1, 0.15) is 49.3 Å². The number of benzene rings is 2. The second kappa shape index (κ2) is 13.4. The Morgan fingerprint density at radius 2 is 1.76 bits per heavy atom. The molecule has 0 aliphatic carbocycles. The van der Waals surface area contributed by atoms with Gasteiger partial charge in [0.2, 0.25) is 0 Å². The first kappa shape index (κ1) is 29.0. The van der Waals surface area contributed by atoms with Crippen molar-refractivity contribution in [2.75, 3.05) is 13.2 Å². The van der Waals surface area contributed by atoms with Crippen LogP contribution in [0.15, 0.2) is 95.6 Å². The third kappa shape index (κ3) is 7.16. The van der Waals surface area contributed by atoms with Crippen molar-refractivity contribution in [1.29, 1.82) is 0 Å². The molecular formula is C31H31N3O7. The summed E-state index contributed by atoms with van der Waals surface area (Å²) in [5.41, 5.74) is 3.07. The molecule has 10 heteroatoms. The zero-order valence-corrected chi connectivity index (χ0v) is 22.8. The number of nitro benzene ring substituents is 1. The molecule has 2 aromatic carbocycles. The quantitative estimate of drug-likeness (QED) is 0.131. The van der Waals surface area contributed by atoms with Gasteiger partial charge in [0.05, 0.1) is 35.2 Å². The summed E-state index contributed by atoms with van der Waals surface area (Å²) in [6.07, 6.45) is 5.40. The third-order valence-electron chi connectivity index (χ3n) is 6.74. The van der Waals surface area contributed by atoms with E-state index < -0.39 is 22.8 Å². The first-order valence-electron chi connectivity index (χ1n) is 13.2. The van der Waals surface area contributed by atoms with Crippen LogP contribution in [0.3, 0.4) is 0 Å². The molecule has 41 heavy (non-hydrogen) atoms. The largest absolute Gasteiger partial charge is 0.493 e. The smallest absolute Gasteiger partial charge is 0.336 e. The topological polar surface area (TPSA) is 141 Å². The van der Waals surface area contributed by atoms with E-state index in [4.69, 9.17) is 9.47 Å². The Morgan fingerprint density at radius 1 is 1.00 bits per heavy atom. The molecule has 0 bridgehead atoms. The number of carboxylic acids is 1. The number of nitro groups is 1. The van der Waals surface area contributed by atoms with Crippen molar-refractivity contribution in [3.05, 3.63) is 122 Å². The molecule has 0 amide bonds. The van der Waals surface area contributed by atoms with Gasteiger partial charge in [-0.25, -0.2) is 9.59 Å². The fraction of sp³-hybridized carbons (Fsp3) is 0.258. The number of carbonyl (C=O) groups is 2. The number of unbranched alkanes of at least 4 members (excludes halogenated alkanes) is 1. The van der Waals surface area contributed by atoms with Crippen LogP contribution in [0.4, 0.5) is 5.69 Å². The number of pyridine rings is 1. The molecule has 0 spiro atoms. The van der Waals surface area contributed by atoms with Gasteiger partial charge in [0.25, 0.3) is 5.69 Å². The number of aliphatic carboxylic acids is 1. The summed E-state index contributed by atoms with van der Waals surface area (Å²) in [5, 5.41) is 24.3. The van der Waals surface area contributed by atoms with Gasteiger partial charge in [-0.2, -0.15) is 0 Å². The molecular weight excluding hydrogens is 526 g/mol. The highest BCUT2D eigenvalue weighted by Gasteiger charge is 2.37. The summed E-state index contributed by atoms with van der Waals surface area (Å²) >= 11 is 0. The van der Waals surface area contributed by atoms with Gasteiger partial charge in [0.15, 0.2) is 0 Å². The minimum absolute atomic E-state index is 0.0682. The first-order valence-corrected chi connectivity index (χ1v) is 13.2. The number of esters is 1. The Hall–Kier alpha value is -4.99. The van der Waals surface area contributed by atoms with Crippen LogP contribution in [0.25, 0.3) is 0 Å². The lowest BCUT2D eigenvalue weighted by atomic mass is 9.80. The average molecular weight is 558 g/mol. The first-order chi connectivity index (χ1) is 19.8. The number of carbonyl (C=O) groups excluding carboxylic acids is 1. The Kier molecular flexibility index (Phi) is 9.47. The summed E-state index contributed by atoms with van der Waals surface area (Å²) in [5.74, 6) is -2.16. The molecule has 2 N–H and O–H groups in total. The van der Waals surface area contributed by atoms with Crippen molar-refractivity contribution in [1.82, 2.24) is 10.3 Å². The van der Waals surface area contributed by atoms with Gasteiger partial charge in [0.1, 0.15) is 5.75 Å². The maximum Gasteiger partial charge on any atom is 0.336 e. The predicted octanol–water partition coefficient (Wildman–Crippen LogP) is 5.30. The third-order valence-corrected chi connectivity index (χ3v) is 6.74. The molecule has 4 rings (SSSR count). The van der Waals surface area contributed by atoms with Gasteiger partial charge < -0.3 is 19.9 Å². The Balaban J connectivity index is 1.38. The molecule has 1 aromatic heterocycles. The SMILES string of the molecule is CC1=C(C(=O)O)C(c2cccc([N+](=O)[O-])c2)C(C(=O)OCCCCOc2ccccc2Cc2cccnc2)=C(C)N1. The highest BCUT2D eigenvalue weighted by atomic mass is 16.6. The molecule has 3 aromatic rings. The van der Waals surface area contributed by atoms with Gasteiger partial charge in [-0.05, 0) is 55.5 Å². The molecule has 212 valence electrons. The summed E-state index contributed by atoms with van der Waals surface area (Å²) in [6.45, 7) is 3.77. The molecule has 1 aliphatic heterocycles. The average Bonchev–Trinajstić information content (AvgIpc) is 2.95. The van der Waals surface area contributed by atoms with Crippen molar-refractivity contribution in [3.63, 3.8) is 0 Å². The summed E-state index contributed by atoms with van der Waals surface area (Å²) < 4.78 is 11.6. The molecule has 10 nitrogen and oxygen atoms in total. The maximum atomic E-state index is 13.3. The summed E-state index contributed by atoms with van der Waals surface area (Å²) in [4.78, 5) is 40.4. The van der Waals surface area contributed by atoms with Crippen LogP contribution >= 0.6 is 0 Å². The van der Waals surface area contributed by atoms with E-state index in [-0.39, 0.29) is 23.4 Å². The predicted molar refractivity (Wildman–Crippen MR) is 151 cm³/mol. The molecule has 2 heterocycles. The van der Waals surface area contributed by atoms with Crippen LogP contribution in [0.5, 0.6) is 5.75 Å². The summed E-state index contributed by atoms with van der Waals surface area (Å²) in [6, 6.07) is 17.4. The van der Waals surface area contributed by atoms with Crippen molar-refractivity contribution in [2.24, 2.45) is 0 Å². The van der Waals surface area contributed by atoms with E-state index in [1.807, 2.05) is 42.6 Å². The van der Waals surface area contributed by atoms with Crippen LogP contribution in [0, 0.1) is 10.1 Å². The fourth-order valence-corrected chi connectivity index (χ4v) is 4.84. The lowest BCUT2D eigenvalue weighted by molar-refractivity contribution is -0.384. The van der Waals surface area contributed by atoms with E-state index in [0.717, 1.165) is 16.9 Å². The molecule has 1 aliphatic rings. The van der Waals surface area contributed by atoms with E-state index in [2.05, 4.69) is 10.3 Å². The van der Waals surface area contributed by atoms with Gasteiger partial charge in [0, 0.05) is 42.3 Å². The van der Waals surface area contributed by atoms with E-state index in [0.29, 0.717) is 42.8 Å². The number of hydrogen-bond donors (Lipinski definition) is 2. The Morgan fingerprint density at radius 3 is 2.49 bits per heavy atom. The molecule has 0 saturated heterocycles. The number of nitrogens with zero attached hydrogens (tertiary/aromatic N) is 2. The maximum absolute atomic E-state index is 13.3. The van der Waals surface area contributed by atoms with E-state index >= 15 is 0 Å². The zero-order valence-electron chi connectivity index (χ0n) is 22.8. The second-order valence-electron chi connectivity index (χ2n) is 9.63. The minimum atomic E-state index is -1.23. The van der Waals surface area contributed by atoms with E-state index in [1.165, 1.54) is 18.2 Å². The van der Waals surface area contributed by atoms with Crippen LogP contribution in [0.2, 0.25) is 0 Å². The zero-order chi connectivity index (χ0) is 29.4. The Labute approximate surface area is 237 Å². The van der Waals surface area contributed by atoms with Gasteiger partial charge in [-0.15, -0.1) is 0 Å². The van der Waals surface area contributed by atoms with Crippen molar-refractivity contribution in [2.45, 2.75) is 39.0 Å². The molecule has 1 unspecified atom stereocenters.